The summed E-state index contributed by atoms with van der Waals surface area (Å²) in [6.07, 6.45) is 3.27. The smallest absolute Gasteiger partial charge is 0.326 e. The van der Waals surface area contributed by atoms with Crippen LogP contribution < -0.4 is 5.32 Å². The van der Waals surface area contributed by atoms with Gasteiger partial charge in [0.05, 0.1) is 0 Å². The van der Waals surface area contributed by atoms with Gasteiger partial charge in [-0.3, -0.25) is 0 Å². The number of urea groups is 1. The Morgan fingerprint density at radius 1 is 1.38 bits per heavy atom. The van der Waals surface area contributed by atoms with E-state index >= 15 is 0 Å². The van der Waals surface area contributed by atoms with Gasteiger partial charge in [0.2, 0.25) is 0 Å². The Morgan fingerprint density at radius 3 is 2.76 bits per heavy atom. The van der Waals surface area contributed by atoms with E-state index in [4.69, 9.17) is 0 Å². The van der Waals surface area contributed by atoms with Crippen LogP contribution in [0.25, 0.3) is 0 Å². The van der Waals surface area contributed by atoms with Gasteiger partial charge in [0.1, 0.15) is 6.04 Å². The van der Waals surface area contributed by atoms with Gasteiger partial charge in [-0.25, -0.2) is 9.59 Å². The summed E-state index contributed by atoms with van der Waals surface area (Å²) < 4.78 is 0. The zero-order valence-electron chi connectivity index (χ0n) is 12.0. The lowest BCUT2D eigenvalue weighted by molar-refractivity contribution is -0.142. The Hall–Kier alpha value is -1.69. The number of carboxylic acid groups (broad SMARTS) is 1. The number of nitrogens with zero attached hydrogens (tertiary/aromatic N) is 1. The third-order valence-electron chi connectivity index (χ3n) is 3.60. The summed E-state index contributed by atoms with van der Waals surface area (Å²) in [6.45, 7) is 0.922. The maximum absolute atomic E-state index is 12.2. The molecule has 1 aromatic carbocycles. The van der Waals surface area contributed by atoms with Crippen molar-refractivity contribution in [3.63, 3.8) is 0 Å². The molecule has 1 aliphatic heterocycles. The molecule has 0 radical (unpaired) electrons. The van der Waals surface area contributed by atoms with Crippen molar-refractivity contribution >= 4 is 23.8 Å². The number of amides is 2. The van der Waals surface area contributed by atoms with Crippen molar-refractivity contribution in [2.24, 2.45) is 0 Å². The molecule has 6 heteroatoms. The number of rotatable bonds is 5. The maximum Gasteiger partial charge on any atom is 0.326 e. The molecule has 0 bridgehead atoms. The number of thioether (sulfide) groups is 1. The fourth-order valence-corrected chi connectivity index (χ4v) is 2.90. The van der Waals surface area contributed by atoms with Crippen LogP contribution in [0.15, 0.2) is 24.3 Å². The topological polar surface area (TPSA) is 69.6 Å². The Kier molecular flexibility index (Phi) is 5.50. The minimum Gasteiger partial charge on any atom is -0.480 e. The van der Waals surface area contributed by atoms with Crippen molar-refractivity contribution in [2.75, 3.05) is 18.6 Å². The summed E-state index contributed by atoms with van der Waals surface area (Å²) in [6, 6.07) is 6.60. The molecule has 0 aromatic heterocycles. The second-order valence-corrected chi connectivity index (χ2v) is 6.02. The molecule has 21 heavy (non-hydrogen) atoms. The number of hydrogen-bond acceptors (Lipinski definition) is 3. The van der Waals surface area contributed by atoms with Crippen LogP contribution in [-0.4, -0.2) is 46.6 Å². The molecule has 1 aliphatic rings. The molecular weight excluding hydrogens is 288 g/mol. The molecule has 0 saturated carbocycles. The van der Waals surface area contributed by atoms with Crippen LogP contribution in [0.5, 0.6) is 0 Å². The third kappa shape index (κ3) is 3.91. The zero-order valence-corrected chi connectivity index (χ0v) is 12.9. The molecule has 1 atom stereocenters. The standard InChI is InChI=1S/C15H20N2O3S/c1-21-8-4-7-16-15(20)17-10-12-6-3-2-5-11(12)9-13(17)14(18)19/h2-3,5-6,13H,4,7-10H2,1H3,(H,16,20)(H,18,19)/t13-/m1/s1. The summed E-state index contributed by atoms with van der Waals surface area (Å²) >= 11 is 1.73. The highest BCUT2D eigenvalue weighted by atomic mass is 32.2. The molecule has 2 rings (SSSR count). The lowest BCUT2D eigenvalue weighted by Crippen LogP contribution is -2.52. The van der Waals surface area contributed by atoms with Crippen molar-refractivity contribution in [3.8, 4) is 0 Å². The normalized spacial score (nSPS) is 17.2. The first kappa shape index (κ1) is 15.7. The summed E-state index contributed by atoms with van der Waals surface area (Å²) in [5.41, 5.74) is 2.03. The molecule has 2 N–H and O–H groups in total. The van der Waals surface area contributed by atoms with Gasteiger partial charge in [0.15, 0.2) is 0 Å². The predicted molar refractivity (Wildman–Crippen MR) is 83.5 cm³/mol. The van der Waals surface area contributed by atoms with Gasteiger partial charge in [-0.2, -0.15) is 11.8 Å². The monoisotopic (exact) mass is 308 g/mol. The SMILES string of the molecule is CSCCCNC(=O)N1Cc2ccccc2C[C@@H]1C(=O)O. The van der Waals surface area contributed by atoms with Crippen LogP contribution in [0.3, 0.4) is 0 Å². The Labute approximate surface area is 128 Å². The largest absolute Gasteiger partial charge is 0.480 e. The summed E-state index contributed by atoms with van der Waals surface area (Å²) in [4.78, 5) is 25.1. The lowest BCUT2D eigenvalue weighted by atomic mass is 9.94. The van der Waals surface area contributed by atoms with Gasteiger partial charge in [-0.05, 0) is 29.6 Å². The first-order valence-corrected chi connectivity index (χ1v) is 8.36. The second-order valence-electron chi connectivity index (χ2n) is 5.03. The van der Waals surface area contributed by atoms with E-state index in [0.29, 0.717) is 19.5 Å². The van der Waals surface area contributed by atoms with E-state index in [1.807, 2.05) is 30.5 Å². The average molecular weight is 308 g/mol. The van der Waals surface area contributed by atoms with Crippen molar-refractivity contribution in [1.29, 1.82) is 0 Å². The molecule has 5 nitrogen and oxygen atoms in total. The van der Waals surface area contributed by atoms with E-state index in [9.17, 15) is 14.7 Å². The van der Waals surface area contributed by atoms with E-state index in [0.717, 1.165) is 23.3 Å². The van der Waals surface area contributed by atoms with Crippen LogP contribution >= 0.6 is 11.8 Å². The Morgan fingerprint density at radius 2 is 2.10 bits per heavy atom. The van der Waals surface area contributed by atoms with Crippen LogP contribution in [0.4, 0.5) is 4.79 Å². The molecular formula is C15H20N2O3S. The van der Waals surface area contributed by atoms with E-state index in [1.165, 1.54) is 4.90 Å². The lowest BCUT2D eigenvalue weighted by Gasteiger charge is -2.34. The van der Waals surface area contributed by atoms with E-state index < -0.39 is 12.0 Å². The van der Waals surface area contributed by atoms with E-state index in [2.05, 4.69) is 5.32 Å². The van der Waals surface area contributed by atoms with Crippen LogP contribution in [0, 0.1) is 0 Å². The molecule has 0 unspecified atom stereocenters. The number of hydrogen-bond donors (Lipinski definition) is 2. The van der Waals surface area contributed by atoms with Gasteiger partial charge in [-0.15, -0.1) is 0 Å². The molecule has 2 amide bonds. The van der Waals surface area contributed by atoms with Gasteiger partial charge >= 0.3 is 12.0 Å². The Bertz CT molecular complexity index is 521. The third-order valence-corrected chi connectivity index (χ3v) is 4.29. The highest BCUT2D eigenvalue weighted by Gasteiger charge is 2.34. The molecule has 114 valence electrons. The molecule has 1 aromatic rings. The summed E-state index contributed by atoms with van der Waals surface area (Å²) in [7, 11) is 0. The zero-order chi connectivity index (χ0) is 15.2. The predicted octanol–water partition coefficient (Wildman–Crippen LogP) is 1.96. The van der Waals surface area contributed by atoms with Crippen molar-refractivity contribution in [2.45, 2.75) is 25.4 Å². The van der Waals surface area contributed by atoms with Crippen molar-refractivity contribution in [1.82, 2.24) is 10.2 Å². The summed E-state index contributed by atoms with van der Waals surface area (Å²) in [5.74, 6) is 0.0228. The molecule has 1 heterocycles. The quantitative estimate of drug-likeness (QED) is 0.816. The maximum atomic E-state index is 12.2. The molecule has 0 aliphatic carbocycles. The average Bonchev–Trinajstić information content (AvgIpc) is 2.50. The van der Waals surface area contributed by atoms with E-state index in [1.54, 1.807) is 11.8 Å². The minimum atomic E-state index is -0.955. The molecule has 0 saturated heterocycles. The fraction of sp³-hybridized carbons (Fsp3) is 0.467. The first-order chi connectivity index (χ1) is 10.1. The van der Waals surface area contributed by atoms with Gasteiger partial charge in [-0.1, -0.05) is 24.3 Å². The minimum absolute atomic E-state index is 0.294. The van der Waals surface area contributed by atoms with Crippen LogP contribution in [0.2, 0.25) is 0 Å². The number of carbonyl (C=O) groups is 2. The van der Waals surface area contributed by atoms with Crippen molar-refractivity contribution in [3.05, 3.63) is 35.4 Å². The highest BCUT2D eigenvalue weighted by molar-refractivity contribution is 7.98. The number of fused-ring (bicyclic) bond motifs is 1. The highest BCUT2D eigenvalue weighted by Crippen LogP contribution is 2.23. The number of benzene rings is 1. The van der Waals surface area contributed by atoms with Gasteiger partial charge in [0, 0.05) is 19.5 Å². The van der Waals surface area contributed by atoms with Gasteiger partial charge in [0.25, 0.3) is 0 Å². The Balaban J connectivity index is 2.06. The number of aliphatic carboxylic acids is 1. The molecule has 0 spiro atoms. The fourth-order valence-electron chi connectivity index (χ4n) is 2.47. The number of nitrogens with one attached hydrogen (secondary N) is 1. The summed E-state index contributed by atoms with van der Waals surface area (Å²) in [5, 5.41) is 12.2. The van der Waals surface area contributed by atoms with Crippen molar-refractivity contribution < 1.29 is 14.7 Å². The van der Waals surface area contributed by atoms with Gasteiger partial charge < -0.3 is 15.3 Å². The second kappa shape index (κ2) is 7.36. The molecule has 0 fully saturated rings. The van der Waals surface area contributed by atoms with Crippen LogP contribution in [-0.2, 0) is 17.8 Å². The van der Waals surface area contributed by atoms with Crippen LogP contribution in [0.1, 0.15) is 17.5 Å². The number of carboxylic acids is 1. The first-order valence-electron chi connectivity index (χ1n) is 6.96. The number of carbonyl (C=O) groups excluding carboxylic acids is 1. The van der Waals surface area contributed by atoms with E-state index in [-0.39, 0.29) is 6.03 Å².